The molecule has 3 nitrogen and oxygen atoms in total. The summed E-state index contributed by atoms with van der Waals surface area (Å²) in [6, 6.07) is 8.35. The Labute approximate surface area is 104 Å². The molecule has 1 aliphatic heterocycles. The van der Waals surface area contributed by atoms with E-state index in [1.807, 2.05) is 13.0 Å². The lowest BCUT2D eigenvalue weighted by Crippen LogP contribution is -2.23. The molecule has 0 saturated carbocycles. The lowest BCUT2D eigenvalue weighted by Gasteiger charge is -2.16. The van der Waals surface area contributed by atoms with Gasteiger partial charge in [-0.2, -0.15) is 0 Å². The van der Waals surface area contributed by atoms with Gasteiger partial charge in [-0.25, -0.2) is 0 Å². The first kappa shape index (κ1) is 12.4. The van der Waals surface area contributed by atoms with Crippen molar-refractivity contribution in [2.75, 3.05) is 19.6 Å². The van der Waals surface area contributed by atoms with Gasteiger partial charge < -0.3 is 10.5 Å². The number of hydrogen-bond acceptors (Lipinski definition) is 3. The van der Waals surface area contributed by atoms with E-state index in [1.165, 1.54) is 31.5 Å². The minimum absolute atomic E-state index is 0.0806. The van der Waals surface area contributed by atoms with Crippen molar-refractivity contribution in [3.05, 3.63) is 29.8 Å². The Bertz CT molecular complexity index is 348. The number of nitrogens with zero attached hydrogens (tertiary/aromatic N) is 1. The van der Waals surface area contributed by atoms with Crippen molar-refractivity contribution in [3.63, 3.8) is 0 Å². The molecule has 1 aromatic rings. The van der Waals surface area contributed by atoms with Crippen molar-refractivity contribution in [3.8, 4) is 5.75 Å². The molecule has 1 aliphatic rings. The molecule has 1 unspecified atom stereocenters. The fourth-order valence-electron chi connectivity index (χ4n) is 2.20. The van der Waals surface area contributed by atoms with E-state index in [9.17, 15) is 0 Å². The third-order valence-electron chi connectivity index (χ3n) is 3.17. The summed E-state index contributed by atoms with van der Waals surface area (Å²) in [5.41, 5.74) is 6.88. The molecule has 1 heterocycles. The zero-order valence-corrected chi connectivity index (χ0v) is 10.6. The Balaban J connectivity index is 1.95. The highest BCUT2D eigenvalue weighted by molar-refractivity contribution is 5.28. The first-order chi connectivity index (χ1) is 8.28. The van der Waals surface area contributed by atoms with Gasteiger partial charge in [0.2, 0.25) is 0 Å². The molecule has 0 aromatic heterocycles. The van der Waals surface area contributed by atoms with E-state index in [0.717, 1.165) is 12.3 Å². The van der Waals surface area contributed by atoms with Crippen LogP contribution in [0, 0.1) is 0 Å². The lowest BCUT2D eigenvalue weighted by atomic mass is 10.2. The van der Waals surface area contributed by atoms with E-state index >= 15 is 0 Å². The maximum atomic E-state index is 5.73. The van der Waals surface area contributed by atoms with Crippen LogP contribution in [0.2, 0.25) is 0 Å². The smallest absolute Gasteiger partial charge is 0.120 e. The summed E-state index contributed by atoms with van der Waals surface area (Å²) in [4.78, 5) is 2.49. The molecule has 1 atom stereocenters. The van der Waals surface area contributed by atoms with E-state index in [4.69, 9.17) is 10.5 Å². The molecular weight excluding hydrogens is 212 g/mol. The van der Waals surface area contributed by atoms with Crippen molar-refractivity contribution in [2.24, 2.45) is 5.73 Å². The number of hydrogen-bond donors (Lipinski definition) is 1. The Morgan fingerprint density at radius 2 is 2.12 bits per heavy atom. The topological polar surface area (TPSA) is 38.5 Å². The quantitative estimate of drug-likeness (QED) is 0.847. The molecule has 3 heteroatoms. The predicted molar refractivity (Wildman–Crippen MR) is 70.1 cm³/mol. The molecule has 0 bridgehead atoms. The summed E-state index contributed by atoms with van der Waals surface area (Å²) in [5, 5.41) is 0. The van der Waals surface area contributed by atoms with E-state index in [0.29, 0.717) is 6.54 Å². The highest BCUT2D eigenvalue weighted by Gasteiger charge is 2.12. The highest BCUT2D eigenvalue weighted by Crippen LogP contribution is 2.18. The minimum atomic E-state index is 0.0806. The molecule has 17 heavy (non-hydrogen) atoms. The number of likely N-dealkylation sites (tertiary alicyclic amines) is 1. The number of ether oxygens (including phenoxy) is 1. The van der Waals surface area contributed by atoms with Crippen molar-refractivity contribution in [2.45, 2.75) is 32.4 Å². The molecule has 0 amide bonds. The van der Waals surface area contributed by atoms with Crippen LogP contribution in [0.5, 0.6) is 5.75 Å². The van der Waals surface area contributed by atoms with Crippen molar-refractivity contribution < 1.29 is 4.74 Å². The Morgan fingerprint density at radius 1 is 1.35 bits per heavy atom. The van der Waals surface area contributed by atoms with Gasteiger partial charge in [0.1, 0.15) is 11.9 Å². The second-order valence-corrected chi connectivity index (χ2v) is 4.79. The fraction of sp³-hybridized carbons (Fsp3) is 0.571. The van der Waals surface area contributed by atoms with Gasteiger partial charge in [0.05, 0.1) is 0 Å². The highest BCUT2D eigenvalue weighted by atomic mass is 16.5. The van der Waals surface area contributed by atoms with E-state index in [-0.39, 0.29) is 6.10 Å². The summed E-state index contributed by atoms with van der Waals surface area (Å²) in [7, 11) is 0. The largest absolute Gasteiger partial charge is 0.489 e. The molecule has 1 saturated heterocycles. The fourth-order valence-corrected chi connectivity index (χ4v) is 2.20. The normalized spacial score (nSPS) is 18.2. The van der Waals surface area contributed by atoms with Crippen LogP contribution in [-0.2, 0) is 6.54 Å². The van der Waals surface area contributed by atoms with Crippen LogP contribution in [0.15, 0.2) is 24.3 Å². The van der Waals surface area contributed by atoms with Crippen molar-refractivity contribution in [1.82, 2.24) is 4.90 Å². The van der Waals surface area contributed by atoms with Crippen LogP contribution in [0.25, 0.3) is 0 Å². The molecule has 94 valence electrons. The number of benzene rings is 1. The molecule has 2 N–H and O–H groups in total. The summed E-state index contributed by atoms with van der Waals surface area (Å²) in [5.74, 6) is 0.930. The zero-order valence-electron chi connectivity index (χ0n) is 10.6. The molecule has 0 radical (unpaired) electrons. The maximum absolute atomic E-state index is 5.73. The Kier molecular flexibility index (Phi) is 4.40. The van der Waals surface area contributed by atoms with Gasteiger partial charge in [0, 0.05) is 13.1 Å². The average molecular weight is 234 g/mol. The van der Waals surface area contributed by atoms with Crippen molar-refractivity contribution in [1.29, 1.82) is 0 Å². The molecule has 1 fully saturated rings. The van der Waals surface area contributed by atoms with Crippen LogP contribution in [-0.4, -0.2) is 30.6 Å². The van der Waals surface area contributed by atoms with Gasteiger partial charge in [-0.3, -0.25) is 4.90 Å². The van der Waals surface area contributed by atoms with E-state index in [1.54, 1.807) is 0 Å². The second-order valence-electron chi connectivity index (χ2n) is 4.79. The second kappa shape index (κ2) is 6.03. The van der Waals surface area contributed by atoms with Crippen LogP contribution in [0.1, 0.15) is 25.3 Å². The summed E-state index contributed by atoms with van der Waals surface area (Å²) >= 11 is 0. The predicted octanol–water partition coefficient (Wildman–Crippen LogP) is 2.01. The Morgan fingerprint density at radius 3 is 2.82 bits per heavy atom. The third kappa shape index (κ3) is 3.72. The summed E-state index contributed by atoms with van der Waals surface area (Å²) in [6.45, 7) is 6.03. The maximum Gasteiger partial charge on any atom is 0.120 e. The SMILES string of the molecule is CC(CN)Oc1cccc(CN2CCCC2)c1. The Hall–Kier alpha value is -1.06. The molecular formula is C14H22N2O. The van der Waals surface area contributed by atoms with E-state index < -0.39 is 0 Å². The van der Waals surface area contributed by atoms with Gasteiger partial charge >= 0.3 is 0 Å². The van der Waals surface area contributed by atoms with Gasteiger partial charge in [0.25, 0.3) is 0 Å². The van der Waals surface area contributed by atoms with Crippen molar-refractivity contribution >= 4 is 0 Å². The van der Waals surface area contributed by atoms with Gasteiger partial charge in [-0.15, -0.1) is 0 Å². The molecule has 0 aliphatic carbocycles. The lowest BCUT2D eigenvalue weighted by molar-refractivity contribution is 0.229. The molecule has 1 aromatic carbocycles. The summed E-state index contributed by atoms with van der Waals surface area (Å²) < 4.78 is 5.73. The monoisotopic (exact) mass is 234 g/mol. The summed E-state index contributed by atoms with van der Waals surface area (Å²) in [6.07, 6.45) is 2.75. The van der Waals surface area contributed by atoms with Crippen LogP contribution in [0.3, 0.4) is 0 Å². The van der Waals surface area contributed by atoms with Gasteiger partial charge in [-0.05, 0) is 50.6 Å². The minimum Gasteiger partial charge on any atom is -0.489 e. The first-order valence-corrected chi connectivity index (χ1v) is 6.46. The van der Waals surface area contributed by atoms with Crippen LogP contribution >= 0.6 is 0 Å². The van der Waals surface area contributed by atoms with Gasteiger partial charge in [0.15, 0.2) is 0 Å². The molecule has 2 rings (SSSR count). The molecule has 0 spiro atoms. The van der Waals surface area contributed by atoms with Crippen LogP contribution in [0.4, 0.5) is 0 Å². The average Bonchev–Trinajstić information content (AvgIpc) is 2.82. The number of nitrogens with two attached hydrogens (primary N) is 1. The zero-order chi connectivity index (χ0) is 12.1. The van der Waals surface area contributed by atoms with E-state index in [2.05, 4.69) is 23.1 Å². The first-order valence-electron chi connectivity index (χ1n) is 6.46. The number of rotatable bonds is 5. The standard InChI is InChI=1S/C14H22N2O/c1-12(10-15)17-14-6-4-5-13(9-14)11-16-7-2-3-8-16/h4-6,9,12H,2-3,7-8,10-11,15H2,1H3. The van der Waals surface area contributed by atoms with Gasteiger partial charge in [-0.1, -0.05) is 12.1 Å². The van der Waals surface area contributed by atoms with Crippen LogP contribution < -0.4 is 10.5 Å². The third-order valence-corrected chi connectivity index (χ3v) is 3.17.